The number of sulfonamides is 1. The lowest BCUT2D eigenvalue weighted by Crippen LogP contribution is -2.25. The Kier molecular flexibility index (Phi) is 4.81. The number of thiophene rings is 1. The highest BCUT2D eigenvalue weighted by molar-refractivity contribution is 7.89. The minimum atomic E-state index is -3.59. The van der Waals surface area contributed by atoms with E-state index in [0.29, 0.717) is 17.3 Å². The molecule has 110 valence electrons. The van der Waals surface area contributed by atoms with Crippen molar-refractivity contribution in [1.82, 2.24) is 30.7 Å². The van der Waals surface area contributed by atoms with Crippen LogP contribution in [0.4, 0.5) is 0 Å². The van der Waals surface area contributed by atoms with Crippen LogP contribution in [0.3, 0.4) is 0 Å². The topological polar surface area (TPSA) is 113 Å². The lowest BCUT2D eigenvalue weighted by Gasteiger charge is -2.08. The van der Waals surface area contributed by atoms with Crippen molar-refractivity contribution in [2.45, 2.75) is 31.8 Å². The van der Waals surface area contributed by atoms with Gasteiger partial charge in [-0.2, -0.15) is 5.21 Å². The Balaban J connectivity index is 2.18. The highest BCUT2D eigenvalue weighted by Crippen LogP contribution is 2.26. The van der Waals surface area contributed by atoms with Gasteiger partial charge in [0, 0.05) is 11.4 Å². The zero-order valence-electron chi connectivity index (χ0n) is 11.2. The summed E-state index contributed by atoms with van der Waals surface area (Å²) >= 11 is 1.43. The van der Waals surface area contributed by atoms with Gasteiger partial charge in [0.05, 0.1) is 6.54 Å². The number of H-pyrrole nitrogens is 1. The van der Waals surface area contributed by atoms with Crippen LogP contribution in [0.2, 0.25) is 0 Å². The summed E-state index contributed by atoms with van der Waals surface area (Å²) in [6.45, 7) is 5.09. The molecular formula is C10H16N6O2S2. The van der Waals surface area contributed by atoms with E-state index in [-0.39, 0.29) is 6.54 Å². The van der Waals surface area contributed by atoms with Crippen molar-refractivity contribution in [2.75, 3.05) is 6.54 Å². The second-order valence-electron chi connectivity index (χ2n) is 4.10. The summed E-state index contributed by atoms with van der Waals surface area (Å²) in [5.41, 5.74) is 0.739. The highest BCUT2D eigenvalue weighted by atomic mass is 32.2. The Bertz CT molecular complexity index is 649. The smallest absolute Gasteiger partial charge is 0.242 e. The maximum absolute atomic E-state index is 12.4. The number of aryl methyl sites for hydroxylation is 1. The number of hydrogen-bond acceptors (Lipinski definition) is 7. The molecule has 0 spiro atoms. The minimum absolute atomic E-state index is 0.00870. The Hall–Kier alpha value is -1.36. The summed E-state index contributed by atoms with van der Waals surface area (Å²) in [4.78, 5) is 1.14. The first-order chi connectivity index (χ1) is 9.54. The third-order valence-corrected chi connectivity index (χ3v) is 5.47. The number of hydrogen-bond donors (Lipinski definition) is 3. The second-order valence-corrected chi connectivity index (χ2v) is 6.77. The van der Waals surface area contributed by atoms with Crippen molar-refractivity contribution in [1.29, 1.82) is 0 Å². The molecule has 10 heteroatoms. The van der Waals surface area contributed by atoms with Gasteiger partial charge in [0.1, 0.15) is 4.90 Å². The molecule has 0 aliphatic carbocycles. The molecule has 20 heavy (non-hydrogen) atoms. The van der Waals surface area contributed by atoms with E-state index in [1.807, 2.05) is 12.3 Å². The van der Waals surface area contributed by atoms with Gasteiger partial charge in [0.15, 0.2) is 5.82 Å². The van der Waals surface area contributed by atoms with Crippen LogP contribution in [0.5, 0.6) is 0 Å². The summed E-state index contributed by atoms with van der Waals surface area (Å²) in [5.74, 6) is 0.301. The van der Waals surface area contributed by atoms with Gasteiger partial charge in [-0.05, 0) is 24.4 Å². The molecule has 2 aromatic heterocycles. The maximum Gasteiger partial charge on any atom is 0.242 e. The number of aromatic nitrogens is 4. The Morgan fingerprint density at radius 1 is 1.40 bits per heavy atom. The van der Waals surface area contributed by atoms with Gasteiger partial charge in [0.25, 0.3) is 0 Å². The molecule has 0 bridgehead atoms. The molecule has 8 nitrogen and oxygen atoms in total. The molecule has 0 atom stereocenters. The predicted molar refractivity (Wildman–Crippen MR) is 74.6 cm³/mol. The van der Waals surface area contributed by atoms with Crippen molar-refractivity contribution in [3.8, 4) is 0 Å². The van der Waals surface area contributed by atoms with Gasteiger partial charge in [-0.15, -0.1) is 21.5 Å². The maximum atomic E-state index is 12.4. The summed E-state index contributed by atoms with van der Waals surface area (Å²) in [5, 5.41) is 18.1. The number of rotatable bonds is 7. The molecule has 0 fully saturated rings. The van der Waals surface area contributed by atoms with Crippen LogP contribution in [0, 0.1) is 6.92 Å². The van der Waals surface area contributed by atoms with Crippen molar-refractivity contribution in [3.63, 3.8) is 0 Å². The zero-order valence-corrected chi connectivity index (χ0v) is 12.8. The summed E-state index contributed by atoms with van der Waals surface area (Å²) < 4.78 is 27.2. The van der Waals surface area contributed by atoms with Crippen LogP contribution in [0.1, 0.15) is 23.2 Å². The molecule has 0 radical (unpaired) electrons. The predicted octanol–water partition coefficient (Wildman–Crippen LogP) is 0.158. The highest BCUT2D eigenvalue weighted by Gasteiger charge is 2.23. The normalized spacial score (nSPS) is 11.9. The van der Waals surface area contributed by atoms with Crippen molar-refractivity contribution in [3.05, 3.63) is 21.6 Å². The van der Waals surface area contributed by atoms with Gasteiger partial charge in [-0.1, -0.05) is 12.1 Å². The third kappa shape index (κ3) is 3.39. The van der Waals surface area contributed by atoms with Crippen LogP contribution in [-0.4, -0.2) is 35.6 Å². The van der Waals surface area contributed by atoms with E-state index in [1.54, 1.807) is 6.92 Å². The SMILES string of the molecule is CCNCc1scc(C)c1S(=O)(=O)NCc1nn[nH]n1. The number of nitrogens with one attached hydrogen (secondary N) is 3. The van der Waals surface area contributed by atoms with Gasteiger partial charge >= 0.3 is 0 Å². The fourth-order valence-electron chi connectivity index (χ4n) is 1.70. The molecule has 0 unspecified atom stereocenters. The molecule has 0 amide bonds. The largest absolute Gasteiger partial charge is 0.312 e. The lowest BCUT2D eigenvalue weighted by atomic mass is 10.3. The first-order valence-electron chi connectivity index (χ1n) is 6.04. The molecule has 3 N–H and O–H groups in total. The van der Waals surface area contributed by atoms with E-state index in [4.69, 9.17) is 0 Å². The van der Waals surface area contributed by atoms with E-state index < -0.39 is 10.0 Å². The molecular weight excluding hydrogens is 300 g/mol. The third-order valence-electron chi connectivity index (χ3n) is 2.60. The van der Waals surface area contributed by atoms with Crippen molar-refractivity contribution < 1.29 is 8.42 Å². The number of tetrazole rings is 1. The standard InChI is InChI=1S/C10H16N6O2S2/c1-3-11-4-8-10(7(2)6-19-8)20(17,18)12-5-9-13-15-16-14-9/h6,11-12H,3-5H2,1-2H3,(H,13,14,15,16). The van der Waals surface area contributed by atoms with Crippen LogP contribution < -0.4 is 10.0 Å². The average Bonchev–Trinajstić information content (AvgIpc) is 3.03. The van der Waals surface area contributed by atoms with Crippen molar-refractivity contribution >= 4 is 21.4 Å². The molecule has 0 aromatic carbocycles. The molecule has 2 rings (SSSR count). The summed E-state index contributed by atoms with van der Waals surface area (Å²) in [6.07, 6.45) is 0. The molecule has 2 aromatic rings. The Morgan fingerprint density at radius 3 is 2.85 bits per heavy atom. The van der Waals surface area contributed by atoms with Crippen LogP contribution in [0.25, 0.3) is 0 Å². The van der Waals surface area contributed by atoms with Crippen LogP contribution >= 0.6 is 11.3 Å². The molecule has 0 saturated heterocycles. The van der Waals surface area contributed by atoms with E-state index in [0.717, 1.165) is 17.0 Å². The summed E-state index contributed by atoms with van der Waals surface area (Å²) in [6, 6.07) is 0. The number of aromatic amines is 1. The van der Waals surface area contributed by atoms with E-state index in [2.05, 4.69) is 30.7 Å². The van der Waals surface area contributed by atoms with Gasteiger partial charge in [-0.25, -0.2) is 13.1 Å². The van der Waals surface area contributed by atoms with Crippen molar-refractivity contribution in [2.24, 2.45) is 0 Å². The lowest BCUT2D eigenvalue weighted by molar-refractivity contribution is 0.577. The van der Waals surface area contributed by atoms with Crippen LogP contribution in [-0.2, 0) is 23.1 Å². The average molecular weight is 316 g/mol. The fraction of sp³-hybridized carbons (Fsp3) is 0.500. The Labute approximate surface area is 121 Å². The molecule has 0 saturated carbocycles. The monoisotopic (exact) mass is 316 g/mol. The second kappa shape index (κ2) is 6.39. The number of nitrogens with zero attached hydrogens (tertiary/aromatic N) is 3. The molecule has 0 aliphatic rings. The molecule has 2 heterocycles. The van der Waals surface area contributed by atoms with Gasteiger partial charge < -0.3 is 5.32 Å². The first-order valence-corrected chi connectivity index (χ1v) is 8.40. The summed E-state index contributed by atoms with van der Waals surface area (Å²) in [7, 11) is -3.59. The minimum Gasteiger partial charge on any atom is -0.312 e. The van der Waals surface area contributed by atoms with Gasteiger partial charge in [-0.3, -0.25) is 0 Å². The zero-order chi connectivity index (χ0) is 14.6. The van der Waals surface area contributed by atoms with E-state index in [1.165, 1.54) is 11.3 Å². The van der Waals surface area contributed by atoms with Crippen LogP contribution in [0.15, 0.2) is 10.3 Å². The van der Waals surface area contributed by atoms with E-state index >= 15 is 0 Å². The fourth-order valence-corrected chi connectivity index (χ4v) is 4.45. The quantitative estimate of drug-likeness (QED) is 0.670. The first kappa shape index (κ1) is 15.0. The molecule has 0 aliphatic heterocycles. The Morgan fingerprint density at radius 2 is 2.20 bits per heavy atom. The van der Waals surface area contributed by atoms with E-state index in [9.17, 15) is 8.42 Å². The van der Waals surface area contributed by atoms with Gasteiger partial charge in [0.2, 0.25) is 10.0 Å².